The van der Waals surface area contributed by atoms with Crippen LogP contribution in [0.4, 0.5) is 0 Å². The van der Waals surface area contributed by atoms with Crippen LogP contribution in [0.5, 0.6) is 0 Å². The third kappa shape index (κ3) is 1.47. The predicted molar refractivity (Wildman–Crippen MR) is 70.5 cm³/mol. The van der Waals surface area contributed by atoms with Gasteiger partial charge in [-0.05, 0) is 22.6 Å². The average molecular weight is 338 g/mol. The number of carbonyl (C=O) groups is 2. The summed E-state index contributed by atoms with van der Waals surface area (Å²) in [4.78, 5) is 23.8. The number of ether oxygens (including phenoxy) is 1. The van der Waals surface area contributed by atoms with E-state index in [1.54, 1.807) is 16.2 Å². The molecule has 0 aromatic heterocycles. The number of hydrogen-bond donors (Lipinski definition) is 0. The molecule has 0 saturated heterocycles. The lowest BCUT2D eigenvalue weighted by Crippen LogP contribution is -2.22. The molecule has 1 heterocycles. The zero-order valence-electron chi connectivity index (χ0n) is 8.70. The van der Waals surface area contributed by atoms with Gasteiger partial charge in [0.25, 0.3) is 0 Å². The van der Waals surface area contributed by atoms with Crippen molar-refractivity contribution in [1.82, 2.24) is 0 Å². The molecule has 0 amide bonds. The molecule has 1 aromatic rings. The molecule has 4 heteroatoms. The van der Waals surface area contributed by atoms with Gasteiger partial charge in [-0.2, -0.15) is 0 Å². The number of rotatable bonds is 0. The van der Waals surface area contributed by atoms with Gasteiger partial charge in [-0.25, -0.2) is 0 Å². The van der Waals surface area contributed by atoms with Crippen molar-refractivity contribution in [3.63, 3.8) is 0 Å². The third-order valence-electron chi connectivity index (χ3n) is 2.88. The Kier molecular flexibility index (Phi) is 2.39. The Morgan fingerprint density at radius 1 is 1.12 bits per heavy atom. The first-order valence-corrected chi connectivity index (χ1v) is 6.35. The summed E-state index contributed by atoms with van der Waals surface area (Å²) < 4.78 is 7.41. The molecule has 0 unspecified atom stereocenters. The monoisotopic (exact) mass is 338 g/mol. The molecular weight excluding hydrogens is 331 g/mol. The number of hydrogen-bond acceptors (Lipinski definition) is 3. The van der Waals surface area contributed by atoms with Crippen molar-refractivity contribution in [2.75, 3.05) is 0 Å². The van der Waals surface area contributed by atoms with Crippen LogP contribution in [0.2, 0.25) is 0 Å². The van der Waals surface area contributed by atoms with E-state index in [4.69, 9.17) is 4.74 Å². The summed E-state index contributed by atoms with van der Waals surface area (Å²) >= 11 is 2.06. The molecule has 0 spiro atoms. The van der Waals surface area contributed by atoms with Crippen LogP contribution in [0.3, 0.4) is 0 Å². The van der Waals surface area contributed by atoms with Gasteiger partial charge in [0.15, 0.2) is 0 Å². The van der Waals surface area contributed by atoms with Crippen molar-refractivity contribution in [3.8, 4) is 0 Å². The number of fused-ring (bicyclic) bond motifs is 2. The molecule has 2 aliphatic rings. The first kappa shape index (κ1) is 10.7. The Morgan fingerprint density at radius 2 is 1.82 bits per heavy atom. The van der Waals surface area contributed by atoms with Gasteiger partial charge in [-0.1, -0.05) is 24.3 Å². The van der Waals surface area contributed by atoms with Crippen molar-refractivity contribution in [1.29, 1.82) is 0 Å². The molecule has 84 valence electrons. The number of ketones is 2. The smallest absolute Gasteiger partial charge is 0.234 e. The molecular formula is C13H7IO3. The zero-order chi connectivity index (χ0) is 12.0. The summed E-state index contributed by atoms with van der Waals surface area (Å²) in [5.41, 5.74) is 1.64. The van der Waals surface area contributed by atoms with Crippen molar-refractivity contribution >= 4 is 39.9 Å². The van der Waals surface area contributed by atoms with Gasteiger partial charge >= 0.3 is 0 Å². The SMILES string of the molecule is O=C1C(=O)c2ccccc2C2=C1CC(=CI)O2. The van der Waals surface area contributed by atoms with Crippen LogP contribution in [-0.4, -0.2) is 11.6 Å². The van der Waals surface area contributed by atoms with E-state index in [2.05, 4.69) is 22.6 Å². The van der Waals surface area contributed by atoms with E-state index in [0.717, 1.165) is 5.56 Å². The van der Waals surface area contributed by atoms with Crippen LogP contribution in [0.25, 0.3) is 5.76 Å². The van der Waals surface area contributed by atoms with Crippen LogP contribution in [0, 0.1) is 0 Å². The van der Waals surface area contributed by atoms with Gasteiger partial charge in [-0.3, -0.25) is 9.59 Å². The van der Waals surface area contributed by atoms with Crippen molar-refractivity contribution in [3.05, 3.63) is 50.8 Å². The first-order valence-electron chi connectivity index (χ1n) is 5.11. The summed E-state index contributed by atoms with van der Waals surface area (Å²) in [5, 5.41) is 0. The summed E-state index contributed by atoms with van der Waals surface area (Å²) in [6, 6.07) is 7.06. The maximum atomic E-state index is 11.9. The fourth-order valence-electron chi connectivity index (χ4n) is 2.08. The minimum Gasteiger partial charge on any atom is -0.460 e. The second kappa shape index (κ2) is 3.80. The Bertz CT molecular complexity index is 611. The molecule has 0 fully saturated rings. The maximum absolute atomic E-state index is 11.9. The summed E-state index contributed by atoms with van der Waals surface area (Å²) in [6.07, 6.45) is 0.414. The summed E-state index contributed by atoms with van der Waals surface area (Å²) in [7, 11) is 0. The van der Waals surface area contributed by atoms with Crippen LogP contribution in [0.15, 0.2) is 39.7 Å². The Morgan fingerprint density at radius 3 is 2.53 bits per heavy atom. The van der Waals surface area contributed by atoms with Gasteiger partial charge in [0.1, 0.15) is 11.5 Å². The van der Waals surface area contributed by atoms with Crippen molar-refractivity contribution in [2.24, 2.45) is 0 Å². The number of carbonyl (C=O) groups excluding carboxylic acids is 2. The second-order valence-electron chi connectivity index (χ2n) is 3.87. The highest BCUT2D eigenvalue weighted by atomic mass is 127. The lowest BCUT2D eigenvalue weighted by molar-refractivity contribution is -0.111. The van der Waals surface area contributed by atoms with E-state index in [1.807, 2.05) is 12.1 Å². The number of halogens is 1. The Labute approximate surface area is 111 Å². The lowest BCUT2D eigenvalue weighted by Gasteiger charge is -2.14. The molecule has 1 aromatic carbocycles. The van der Waals surface area contributed by atoms with Crippen LogP contribution in [-0.2, 0) is 9.53 Å². The predicted octanol–water partition coefficient (Wildman–Crippen LogP) is 2.86. The van der Waals surface area contributed by atoms with Crippen LogP contribution >= 0.6 is 22.6 Å². The molecule has 0 N–H and O–H groups in total. The number of Topliss-reactive ketones (excluding diaryl/α,β-unsaturated/α-hetero) is 2. The molecule has 0 bridgehead atoms. The highest BCUT2D eigenvalue weighted by Crippen LogP contribution is 2.40. The minimum atomic E-state index is -0.438. The van der Waals surface area contributed by atoms with E-state index in [0.29, 0.717) is 29.1 Å². The molecule has 0 atom stereocenters. The quantitative estimate of drug-likeness (QED) is 0.540. The molecule has 1 aliphatic heterocycles. The van der Waals surface area contributed by atoms with Crippen LogP contribution in [0.1, 0.15) is 22.3 Å². The highest BCUT2D eigenvalue weighted by molar-refractivity contribution is 14.1. The van der Waals surface area contributed by atoms with E-state index in [1.165, 1.54) is 0 Å². The highest BCUT2D eigenvalue weighted by Gasteiger charge is 2.37. The number of allylic oxidation sites excluding steroid dienone is 1. The number of benzene rings is 1. The summed E-state index contributed by atoms with van der Waals surface area (Å²) in [6.45, 7) is 0. The van der Waals surface area contributed by atoms with E-state index >= 15 is 0 Å². The second-order valence-corrected chi connectivity index (χ2v) is 4.49. The molecule has 0 saturated carbocycles. The average Bonchev–Trinajstić information content (AvgIpc) is 2.80. The van der Waals surface area contributed by atoms with E-state index in [-0.39, 0.29) is 0 Å². The van der Waals surface area contributed by atoms with E-state index in [9.17, 15) is 9.59 Å². The topological polar surface area (TPSA) is 43.4 Å². The molecule has 3 rings (SSSR count). The lowest BCUT2D eigenvalue weighted by atomic mass is 9.88. The Hall–Kier alpha value is -1.43. The Balaban J connectivity index is 2.24. The van der Waals surface area contributed by atoms with Crippen molar-refractivity contribution in [2.45, 2.75) is 6.42 Å². The molecule has 17 heavy (non-hydrogen) atoms. The maximum Gasteiger partial charge on any atom is 0.234 e. The largest absolute Gasteiger partial charge is 0.460 e. The van der Waals surface area contributed by atoms with Gasteiger partial charge in [-0.15, -0.1) is 0 Å². The van der Waals surface area contributed by atoms with E-state index < -0.39 is 11.6 Å². The van der Waals surface area contributed by atoms with Gasteiger partial charge in [0, 0.05) is 21.6 Å². The minimum absolute atomic E-state index is 0.414. The van der Waals surface area contributed by atoms with Gasteiger partial charge < -0.3 is 4.74 Å². The fraction of sp³-hybridized carbons (Fsp3) is 0.0769. The van der Waals surface area contributed by atoms with Gasteiger partial charge in [0.2, 0.25) is 11.6 Å². The first-order chi connectivity index (χ1) is 8.22. The van der Waals surface area contributed by atoms with Crippen molar-refractivity contribution < 1.29 is 14.3 Å². The zero-order valence-corrected chi connectivity index (χ0v) is 10.9. The molecule has 0 radical (unpaired) electrons. The fourth-order valence-corrected chi connectivity index (χ4v) is 2.43. The van der Waals surface area contributed by atoms with Crippen LogP contribution < -0.4 is 0 Å². The molecule has 3 nitrogen and oxygen atoms in total. The standard InChI is InChI=1S/C13H7IO3/c14-6-7-5-10-12(16)11(15)8-3-1-2-4-9(8)13(10)17-7/h1-4,6H,5H2. The van der Waals surface area contributed by atoms with Gasteiger partial charge in [0.05, 0.1) is 5.57 Å². The normalized spacial score (nSPS) is 20.4. The summed E-state index contributed by atoms with van der Waals surface area (Å²) in [5.74, 6) is 0.395. The third-order valence-corrected chi connectivity index (χ3v) is 3.57. The molecule has 1 aliphatic carbocycles.